The first-order valence-corrected chi connectivity index (χ1v) is 8.45. The molecule has 130 valence electrons. The first-order valence-electron chi connectivity index (χ1n) is 8.45. The molecule has 0 aromatic rings. The molecule has 6 nitrogen and oxygen atoms in total. The van der Waals surface area contributed by atoms with Crippen LogP contribution in [-0.2, 0) is 14.4 Å². The van der Waals surface area contributed by atoms with E-state index >= 15 is 0 Å². The summed E-state index contributed by atoms with van der Waals surface area (Å²) in [6, 6.07) is -0.270. The zero-order valence-corrected chi connectivity index (χ0v) is 14.5. The largest absolute Gasteiger partial charge is 0.481 e. The monoisotopic (exact) mass is 324 g/mol. The topological polar surface area (TPSA) is 77.9 Å². The van der Waals surface area contributed by atoms with Crippen LogP contribution < -0.4 is 0 Å². The second-order valence-corrected chi connectivity index (χ2v) is 7.85. The Labute approximate surface area is 137 Å². The number of aliphatic carboxylic acids is 1. The van der Waals surface area contributed by atoms with E-state index in [1.54, 1.807) is 9.80 Å². The standard InChI is InChI=1S/C17H28N2O4/c1-11-13(15(21)22)7-9-19(11)14(20)12-6-5-8-18(10-12)16(23)17(2,3)4/h11-13H,5-10H2,1-4H3,(H,21,22). The number of carbonyl (C=O) groups is 3. The molecule has 1 N–H and O–H groups in total. The third-order valence-electron chi connectivity index (χ3n) is 5.05. The minimum atomic E-state index is -0.832. The normalized spacial score (nSPS) is 28.8. The molecule has 0 radical (unpaired) electrons. The van der Waals surface area contributed by atoms with Gasteiger partial charge in [-0.05, 0) is 26.2 Å². The number of hydrogen-bond acceptors (Lipinski definition) is 3. The van der Waals surface area contributed by atoms with Crippen molar-refractivity contribution in [3.05, 3.63) is 0 Å². The smallest absolute Gasteiger partial charge is 0.308 e. The number of carbonyl (C=O) groups excluding carboxylic acids is 2. The van der Waals surface area contributed by atoms with Crippen LogP contribution in [0, 0.1) is 17.3 Å². The van der Waals surface area contributed by atoms with Crippen LogP contribution in [0.1, 0.15) is 47.0 Å². The number of carboxylic acids is 1. The van der Waals surface area contributed by atoms with Crippen molar-refractivity contribution in [2.24, 2.45) is 17.3 Å². The number of nitrogens with zero attached hydrogens (tertiary/aromatic N) is 2. The molecule has 0 aliphatic carbocycles. The predicted molar refractivity (Wildman–Crippen MR) is 85.7 cm³/mol. The zero-order chi connectivity index (χ0) is 17.4. The van der Waals surface area contributed by atoms with Gasteiger partial charge in [0.1, 0.15) is 0 Å². The third-order valence-corrected chi connectivity index (χ3v) is 5.05. The molecule has 0 spiro atoms. The van der Waals surface area contributed by atoms with Crippen LogP contribution in [0.5, 0.6) is 0 Å². The Morgan fingerprint density at radius 1 is 1.09 bits per heavy atom. The molecule has 3 unspecified atom stereocenters. The molecule has 2 aliphatic heterocycles. The summed E-state index contributed by atoms with van der Waals surface area (Å²) in [6.45, 7) is 9.14. The number of rotatable bonds is 2. The lowest BCUT2D eigenvalue weighted by atomic mass is 9.90. The van der Waals surface area contributed by atoms with Gasteiger partial charge in [0.15, 0.2) is 0 Å². The number of hydrogen-bond donors (Lipinski definition) is 1. The van der Waals surface area contributed by atoms with Crippen molar-refractivity contribution >= 4 is 17.8 Å². The molecule has 0 aromatic heterocycles. The highest BCUT2D eigenvalue weighted by molar-refractivity contribution is 5.84. The van der Waals surface area contributed by atoms with Gasteiger partial charge in [-0.2, -0.15) is 0 Å². The summed E-state index contributed by atoms with van der Waals surface area (Å²) in [5.74, 6) is -1.43. The molecule has 6 heteroatoms. The third kappa shape index (κ3) is 3.67. The summed E-state index contributed by atoms with van der Waals surface area (Å²) in [5, 5.41) is 9.21. The lowest BCUT2D eigenvalue weighted by Crippen LogP contribution is -2.50. The van der Waals surface area contributed by atoms with Crippen molar-refractivity contribution in [1.29, 1.82) is 0 Å². The fourth-order valence-corrected chi connectivity index (χ4v) is 3.65. The molecule has 2 heterocycles. The average Bonchev–Trinajstić information content (AvgIpc) is 2.86. The van der Waals surface area contributed by atoms with Gasteiger partial charge < -0.3 is 14.9 Å². The van der Waals surface area contributed by atoms with Crippen LogP contribution in [-0.4, -0.2) is 58.4 Å². The van der Waals surface area contributed by atoms with Crippen molar-refractivity contribution < 1.29 is 19.5 Å². The SMILES string of the molecule is CC1C(C(=O)O)CCN1C(=O)C1CCCN(C(=O)C(C)(C)C)C1. The van der Waals surface area contributed by atoms with Gasteiger partial charge in [-0.3, -0.25) is 14.4 Å². The van der Waals surface area contributed by atoms with Crippen molar-refractivity contribution in [3.8, 4) is 0 Å². The van der Waals surface area contributed by atoms with E-state index in [4.69, 9.17) is 0 Å². The Balaban J connectivity index is 2.03. The van der Waals surface area contributed by atoms with E-state index in [-0.39, 0.29) is 23.8 Å². The van der Waals surface area contributed by atoms with E-state index in [1.807, 2.05) is 27.7 Å². The molecule has 23 heavy (non-hydrogen) atoms. The number of piperidine rings is 1. The van der Waals surface area contributed by atoms with Gasteiger partial charge in [-0.1, -0.05) is 20.8 Å². The number of carboxylic acid groups (broad SMARTS) is 1. The molecular formula is C17H28N2O4. The maximum Gasteiger partial charge on any atom is 0.308 e. The van der Waals surface area contributed by atoms with E-state index in [9.17, 15) is 19.5 Å². The van der Waals surface area contributed by atoms with Gasteiger partial charge in [0, 0.05) is 31.1 Å². The first kappa shape index (κ1) is 17.8. The average molecular weight is 324 g/mol. The van der Waals surface area contributed by atoms with Gasteiger partial charge in [-0.15, -0.1) is 0 Å². The second kappa shape index (κ2) is 6.49. The predicted octanol–water partition coefficient (Wildman–Crippen LogP) is 1.59. The minimum absolute atomic E-state index is 0.00709. The Morgan fingerprint density at radius 2 is 1.74 bits per heavy atom. The fraction of sp³-hybridized carbons (Fsp3) is 0.824. The molecule has 2 aliphatic rings. The summed E-state index contributed by atoms with van der Waals surface area (Å²) in [6.07, 6.45) is 2.11. The Bertz CT molecular complexity index is 497. The number of likely N-dealkylation sites (tertiary alicyclic amines) is 2. The Morgan fingerprint density at radius 3 is 2.26 bits per heavy atom. The molecule has 2 amide bonds. The molecule has 2 fully saturated rings. The molecule has 2 saturated heterocycles. The van der Waals surface area contributed by atoms with E-state index in [0.29, 0.717) is 26.1 Å². The van der Waals surface area contributed by atoms with Crippen molar-refractivity contribution in [3.63, 3.8) is 0 Å². The summed E-state index contributed by atoms with van der Waals surface area (Å²) >= 11 is 0. The van der Waals surface area contributed by atoms with Gasteiger partial charge in [-0.25, -0.2) is 0 Å². The van der Waals surface area contributed by atoms with Gasteiger partial charge in [0.2, 0.25) is 11.8 Å². The Hall–Kier alpha value is -1.59. The van der Waals surface area contributed by atoms with Crippen molar-refractivity contribution in [2.45, 2.75) is 53.0 Å². The van der Waals surface area contributed by atoms with Gasteiger partial charge in [0.25, 0.3) is 0 Å². The van der Waals surface area contributed by atoms with Gasteiger partial charge in [0.05, 0.1) is 11.8 Å². The molecule has 0 aromatic carbocycles. The number of amides is 2. The molecule has 0 bridgehead atoms. The molecule has 0 saturated carbocycles. The second-order valence-electron chi connectivity index (χ2n) is 7.85. The zero-order valence-electron chi connectivity index (χ0n) is 14.5. The summed E-state index contributed by atoms with van der Waals surface area (Å²) in [7, 11) is 0. The fourth-order valence-electron chi connectivity index (χ4n) is 3.65. The molecular weight excluding hydrogens is 296 g/mol. The van der Waals surface area contributed by atoms with Crippen LogP contribution in [0.2, 0.25) is 0 Å². The highest BCUT2D eigenvalue weighted by atomic mass is 16.4. The Kier molecular flexibility index (Phi) is 5.01. The highest BCUT2D eigenvalue weighted by Gasteiger charge is 2.41. The lowest BCUT2D eigenvalue weighted by molar-refractivity contribution is -0.146. The van der Waals surface area contributed by atoms with Crippen LogP contribution >= 0.6 is 0 Å². The summed E-state index contributed by atoms with van der Waals surface area (Å²) in [4.78, 5) is 39.9. The van der Waals surface area contributed by atoms with E-state index in [2.05, 4.69) is 0 Å². The summed E-state index contributed by atoms with van der Waals surface area (Å²) in [5.41, 5.74) is -0.444. The van der Waals surface area contributed by atoms with E-state index < -0.39 is 17.3 Å². The highest BCUT2D eigenvalue weighted by Crippen LogP contribution is 2.29. The minimum Gasteiger partial charge on any atom is -0.481 e. The van der Waals surface area contributed by atoms with Crippen LogP contribution in [0.4, 0.5) is 0 Å². The van der Waals surface area contributed by atoms with Crippen molar-refractivity contribution in [1.82, 2.24) is 9.80 Å². The first-order chi connectivity index (χ1) is 10.6. The van der Waals surface area contributed by atoms with E-state index in [0.717, 1.165) is 12.8 Å². The quantitative estimate of drug-likeness (QED) is 0.837. The maximum absolute atomic E-state index is 12.8. The van der Waals surface area contributed by atoms with Crippen molar-refractivity contribution in [2.75, 3.05) is 19.6 Å². The lowest BCUT2D eigenvalue weighted by Gasteiger charge is -2.37. The maximum atomic E-state index is 12.8. The van der Waals surface area contributed by atoms with Crippen LogP contribution in [0.25, 0.3) is 0 Å². The molecule has 3 atom stereocenters. The summed E-state index contributed by atoms with van der Waals surface area (Å²) < 4.78 is 0. The molecule has 2 rings (SSSR count). The van der Waals surface area contributed by atoms with Crippen LogP contribution in [0.15, 0.2) is 0 Å². The van der Waals surface area contributed by atoms with Crippen LogP contribution in [0.3, 0.4) is 0 Å². The van der Waals surface area contributed by atoms with Gasteiger partial charge >= 0.3 is 5.97 Å². The van der Waals surface area contributed by atoms with E-state index in [1.165, 1.54) is 0 Å².